The van der Waals surface area contributed by atoms with Gasteiger partial charge in [-0.2, -0.15) is 13.2 Å². The van der Waals surface area contributed by atoms with Crippen LogP contribution in [0.25, 0.3) is 0 Å². The standard InChI is InChI=1S/C16H17F3N2O3/c17-16(18,19)12-4-2-1-3-10(12)11-9-13(11)20-14(22)5-6-21-7-8-24-15(21)23/h1-4,11,13H,5-9H2,(H,20,22)/t11-,13+/m0/s1. The number of rotatable bonds is 5. The summed E-state index contributed by atoms with van der Waals surface area (Å²) in [4.78, 5) is 24.6. The Balaban J connectivity index is 1.53. The molecule has 130 valence electrons. The van der Waals surface area contributed by atoms with Gasteiger partial charge in [-0.15, -0.1) is 0 Å². The third-order valence-electron chi connectivity index (χ3n) is 4.26. The molecule has 2 amide bonds. The van der Waals surface area contributed by atoms with E-state index >= 15 is 0 Å². The molecule has 2 atom stereocenters. The Morgan fingerprint density at radius 2 is 2.08 bits per heavy atom. The van der Waals surface area contributed by atoms with Crippen LogP contribution < -0.4 is 5.32 Å². The van der Waals surface area contributed by atoms with Gasteiger partial charge in [-0.1, -0.05) is 18.2 Å². The molecule has 0 bridgehead atoms. The highest BCUT2D eigenvalue weighted by Gasteiger charge is 2.44. The lowest BCUT2D eigenvalue weighted by atomic mass is 10.0. The molecule has 1 saturated heterocycles. The molecule has 2 aliphatic rings. The van der Waals surface area contributed by atoms with Crippen molar-refractivity contribution in [1.82, 2.24) is 10.2 Å². The predicted molar refractivity (Wildman–Crippen MR) is 78.3 cm³/mol. The number of nitrogens with one attached hydrogen (secondary N) is 1. The highest BCUT2D eigenvalue weighted by molar-refractivity contribution is 5.78. The topological polar surface area (TPSA) is 58.6 Å². The first-order chi connectivity index (χ1) is 11.4. The first-order valence-corrected chi connectivity index (χ1v) is 7.73. The quantitative estimate of drug-likeness (QED) is 0.895. The molecule has 0 spiro atoms. The van der Waals surface area contributed by atoms with Crippen molar-refractivity contribution in [2.75, 3.05) is 19.7 Å². The van der Waals surface area contributed by atoms with Gasteiger partial charge in [0.1, 0.15) is 6.61 Å². The number of ether oxygens (including phenoxy) is 1. The zero-order chi connectivity index (χ0) is 17.3. The fourth-order valence-corrected chi connectivity index (χ4v) is 2.92. The van der Waals surface area contributed by atoms with Gasteiger partial charge < -0.3 is 15.0 Å². The van der Waals surface area contributed by atoms with Crippen LogP contribution in [0.1, 0.15) is 29.9 Å². The minimum atomic E-state index is -4.40. The van der Waals surface area contributed by atoms with Gasteiger partial charge in [0, 0.05) is 24.9 Å². The first-order valence-electron chi connectivity index (χ1n) is 7.73. The molecule has 0 radical (unpaired) electrons. The molecule has 1 aliphatic heterocycles. The SMILES string of the molecule is O=C(CCN1CCOC1=O)N[C@@H]1C[C@H]1c1ccccc1C(F)(F)F. The van der Waals surface area contributed by atoms with Crippen LogP contribution in [-0.2, 0) is 15.7 Å². The van der Waals surface area contributed by atoms with Gasteiger partial charge in [-0.25, -0.2) is 4.79 Å². The molecule has 0 aromatic heterocycles. The Hall–Kier alpha value is -2.25. The molecule has 1 aromatic carbocycles. The van der Waals surface area contributed by atoms with Crippen molar-refractivity contribution in [1.29, 1.82) is 0 Å². The second-order valence-corrected chi connectivity index (χ2v) is 5.95. The molecule has 1 aliphatic carbocycles. The highest BCUT2D eigenvalue weighted by atomic mass is 19.4. The summed E-state index contributed by atoms with van der Waals surface area (Å²) < 4.78 is 43.8. The maximum Gasteiger partial charge on any atom is 0.416 e. The van der Waals surface area contributed by atoms with Gasteiger partial charge in [0.2, 0.25) is 5.91 Å². The monoisotopic (exact) mass is 342 g/mol. The highest BCUT2D eigenvalue weighted by Crippen LogP contribution is 2.46. The summed E-state index contributed by atoms with van der Waals surface area (Å²) in [6, 6.07) is 5.16. The van der Waals surface area contributed by atoms with Gasteiger partial charge in [0.15, 0.2) is 0 Å². The Labute approximate surface area is 136 Å². The molecule has 24 heavy (non-hydrogen) atoms. The van der Waals surface area contributed by atoms with Crippen LogP contribution in [0.4, 0.5) is 18.0 Å². The minimum Gasteiger partial charge on any atom is -0.448 e. The average Bonchev–Trinajstić information content (AvgIpc) is 3.16. The summed E-state index contributed by atoms with van der Waals surface area (Å²) in [7, 11) is 0. The second-order valence-electron chi connectivity index (χ2n) is 5.95. The number of nitrogens with zero attached hydrogens (tertiary/aromatic N) is 1. The summed E-state index contributed by atoms with van der Waals surface area (Å²) in [5.41, 5.74) is -0.426. The van der Waals surface area contributed by atoms with E-state index in [-0.39, 0.29) is 36.4 Å². The molecular formula is C16H17F3N2O3. The summed E-state index contributed by atoms with van der Waals surface area (Å²) in [6.45, 7) is 1.03. The van der Waals surface area contributed by atoms with Crippen LogP contribution in [-0.4, -0.2) is 42.6 Å². The van der Waals surface area contributed by atoms with Crippen molar-refractivity contribution in [3.8, 4) is 0 Å². The van der Waals surface area contributed by atoms with Crippen molar-refractivity contribution in [3.63, 3.8) is 0 Å². The number of benzene rings is 1. The molecule has 8 heteroatoms. The number of cyclic esters (lactones) is 1. The van der Waals surface area contributed by atoms with E-state index in [2.05, 4.69) is 5.32 Å². The van der Waals surface area contributed by atoms with Gasteiger partial charge >= 0.3 is 12.3 Å². The Morgan fingerprint density at radius 3 is 2.75 bits per heavy atom. The van der Waals surface area contributed by atoms with E-state index in [1.54, 1.807) is 6.07 Å². The van der Waals surface area contributed by atoms with E-state index in [9.17, 15) is 22.8 Å². The van der Waals surface area contributed by atoms with Crippen molar-refractivity contribution in [2.45, 2.75) is 31.0 Å². The first kappa shape index (κ1) is 16.6. The van der Waals surface area contributed by atoms with Gasteiger partial charge in [0.05, 0.1) is 12.1 Å². The molecule has 3 rings (SSSR count). The van der Waals surface area contributed by atoms with Crippen LogP contribution in [0.5, 0.6) is 0 Å². The zero-order valence-electron chi connectivity index (χ0n) is 12.8. The summed E-state index contributed by atoms with van der Waals surface area (Å²) in [6.07, 6.45) is -4.24. The molecule has 1 saturated carbocycles. The van der Waals surface area contributed by atoms with Crippen molar-refractivity contribution in [2.24, 2.45) is 0 Å². The number of carbonyl (C=O) groups is 2. The predicted octanol–water partition coefficient (Wildman–Crippen LogP) is 2.52. The number of carbonyl (C=O) groups excluding carboxylic acids is 2. The van der Waals surface area contributed by atoms with E-state index in [1.165, 1.54) is 17.0 Å². The van der Waals surface area contributed by atoms with Gasteiger partial charge in [-0.05, 0) is 18.1 Å². The third kappa shape index (κ3) is 3.63. The third-order valence-corrected chi connectivity index (χ3v) is 4.26. The maximum absolute atomic E-state index is 13.0. The van der Waals surface area contributed by atoms with E-state index < -0.39 is 17.8 Å². The van der Waals surface area contributed by atoms with Crippen molar-refractivity contribution >= 4 is 12.0 Å². The van der Waals surface area contributed by atoms with E-state index in [0.717, 1.165) is 6.07 Å². The fraction of sp³-hybridized carbons (Fsp3) is 0.500. The number of halogens is 3. The maximum atomic E-state index is 13.0. The van der Waals surface area contributed by atoms with E-state index in [1.807, 2.05) is 0 Å². The number of hydrogen-bond donors (Lipinski definition) is 1. The largest absolute Gasteiger partial charge is 0.448 e. The minimum absolute atomic E-state index is 0.110. The summed E-state index contributed by atoms with van der Waals surface area (Å²) >= 11 is 0. The summed E-state index contributed by atoms with van der Waals surface area (Å²) in [5.74, 6) is -0.588. The smallest absolute Gasteiger partial charge is 0.416 e. The van der Waals surface area contributed by atoms with Crippen molar-refractivity contribution < 1.29 is 27.5 Å². The van der Waals surface area contributed by atoms with Crippen LogP contribution in [0.15, 0.2) is 24.3 Å². The second kappa shape index (κ2) is 6.33. The molecule has 0 unspecified atom stereocenters. The molecule has 1 heterocycles. The van der Waals surface area contributed by atoms with E-state index in [4.69, 9.17) is 4.74 Å². The number of hydrogen-bond acceptors (Lipinski definition) is 3. The number of amides is 2. The van der Waals surface area contributed by atoms with Gasteiger partial charge in [0.25, 0.3) is 0 Å². The average molecular weight is 342 g/mol. The van der Waals surface area contributed by atoms with Crippen LogP contribution in [0.2, 0.25) is 0 Å². The Kier molecular flexibility index (Phi) is 4.38. The van der Waals surface area contributed by atoms with Crippen LogP contribution in [0, 0.1) is 0 Å². The van der Waals surface area contributed by atoms with Gasteiger partial charge in [-0.3, -0.25) is 4.79 Å². The summed E-state index contributed by atoms with van der Waals surface area (Å²) in [5, 5.41) is 2.73. The lowest BCUT2D eigenvalue weighted by Crippen LogP contribution is -2.32. The Bertz CT molecular complexity index is 648. The van der Waals surface area contributed by atoms with Crippen molar-refractivity contribution in [3.05, 3.63) is 35.4 Å². The van der Waals surface area contributed by atoms with E-state index in [0.29, 0.717) is 19.6 Å². The van der Waals surface area contributed by atoms with Crippen LogP contribution in [0.3, 0.4) is 0 Å². The zero-order valence-corrected chi connectivity index (χ0v) is 12.8. The lowest BCUT2D eigenvalue weighted by Gasteiger charge is -2.13. The van der Waals surface area contributed by atoms with Crippen LogP contribution >= 0.6 is 0 Å². The fourth-order valence-electron chi connectivity index (χ4n) is 2.92. The molecule has 5 nitrogen and oxygen atoms in total. The molecule has 2 fully saturated rings. The Morgan fingerprint density at radius 1 is 1.33 bits per heavy atom. The molecular weight excluding hydrogens is 325 g/mol. The molecule has 1 N–H and O–H groups in total. The lowest BCUT2D eigenvalue weighted by molar-refractivity contribution is -0.138. The number of alkyl halides is 3. The molecule has 1 aromatic rings. The normalized spacial score (nSPS) is 23.1.